The molecular formula is C20H29N5O. The van der Waals surface area contributed by atoms with E-state index < -0.39 is 0 Å². The lowest BCUT2D eigenvalue weighted by Crippen LogP contribution is -2.28. The molecule has 26 heavy (non-hydrogen) atoms. The summed E-state index contributed by atoms with van der Waals surface area (Å²) in [4.78, 5) is 4.50. The van der Waals surface area contributed by atoms with Crippen LogP contribution < -0.4 is 10.6 Å². The molecule has 6 heteroatoms. The van der Waals surface area contributed by atoms with Crippen molar-refractivity contribution in [1.82, 2.24) is 14.8 Å². The summed E-state index contributed by atoms with van der Waals surface area (Å²) in [5.41, 5.74) is 2.27. The largest absolute Gasteiger partial charge is 0.393 e. The Morgan fingerprint density at radius 3 is 2.81 bits per heavy atom. The maximum Gasteiger partial charge on any atom is 0.132 e. The molecule has 2 aromatic rings. The molecule has 1 fully saturated rings. The number of nitrogens with one attached hydrogen (secondary N) is 2. The molecule has 0 radical (unpaired) electrons. The van der Waals surface area contributed by atoms with Crippen LogP contribution in [-0.2, 0) is 0 Å². The molecule has 0 bridgehead atoms. The van der Waals surface area contributed by atoms with Gasteiger partial charge in [0.25, 0.3) is 0 Å². The molecule has 0 amide bonds. The zero-order valence-corrected chi connectivity index (χ0v) is 15.7. The molecule has 140 valence electrons. The third-order valence-corrected chi connectivity index (χ3v) is 5.73. The van der Waals surface area contributed by atoms with Crippen LogP contribution in [-0.4, -0.2) is 38.6 Å². The summed E-state index contributed by atoms with van der Waals surface area (Å²) in [6.45, 7) is 5.51. The van der Waals surface area contributed by atoms with E-state index in [1.165, 1.54) is 0 Å². The van der Waals surface area contributed by atoms with Gasteiger partial charge in [-0.1, -0.05) is 13.8 Å². The fraction of sp³-hybridized carbons (Fsp3) is 0.600. The molecule has 0 aromatic carbocycles. The van der Waals surface area contributed by atoms with E-state index in [2.05, 4.69) is 45.3 Å². The summed E-state index contributed by atoms with van der Waals surface area (Å²) in [5, 5.41) is 21.4. The highest BCUT2D eigenvalue weighted by Crippen LogP contribution is 2.36. The van der Waals surface area contributed by atoms with Gasteiger partial charge in [-0.05, 0) is 55.7 Å². The van der Waals surface area contributed by atoms with Gasteiger partial charge in [-0.15, -0.1) is 0 Å². The van der Waals surface area contributed by atoms with E-state index in [-0.39, 0.29) is 6.10 Å². The maximum absolute atomic E-state index is 9.68. The van der Waals surface area contributed by atoms with Gasteiger partial charge in [0.05, 0.1) is 18.3 Å². The number of anilines is 2. The van der Waals surface area contributed by atoms with Crippen molar-refractivity contribution in [3.8, 4) is 11.1 Å². The standard InChI is InChI=1S/C20H29N5O/c1-13(2)18-8-10-22-20-17(12-23-25(18)20)14-7-9-21-19(11-14)24-15-3-5-16(26)6-4-15/h7,9,11-13,15-16,18,22,26H,3-6,8,10H2,1-2H3,(H,21,24). The van der Waals surface area contributed by atoms with Gasteiger partial charge in [-0.25, -0.2) is 9.67 Å². The minimum atomic E-state index is -0.133. The first-order valence-corrected chi connectivity index (χ1v) is 9.84. The highest BCUT2D eigenvalue weighted by atomic mass is 16.3. The molecule has 1 unspecified atom stereocenters. The number of hydrogen-bond acceptors (Lipinski definition) is 5. The number of pyridine rings is 1. The molecule has 0 spiro atoms. The Labute approximate surface area is 155 Å². The van der Waals surface area contributed by atoms with Crippen molar-refractivity contribution in [2.24, 2.45) is 5.92 Å². The molecular weight excluding hydrogens is 326 g/mol. The second-order valence-corrected chi connectivity index (χ2v) is 7.96. The molecule has 1 aliphatic carbocycles. The summed E-state index contributed by atoms with van der Waals surface area (Å²) in [6.07, 6.45) is 8.54. The lowest BCUT2D eigenvalue weighted by atomic mass is 9.93. The van der Waals surface area contributed by atoms with Crippen LogP contribution in [0.5, 0.6) is 0 Å². The predicted octanol–water partition coefficient (Wildman–Crippen LogP) is 3.67. The van der Waals surface area contributed by atoms with Crippen LogP contribution in [0.4, 0.5) is 11.6 Å². The van der Waals surface area contributed by atoms with Crippen LogP contribution in [0.3, 0.4) is 0 Å². The van der Waals surface area contributed by atoms with Gasteiger partial charge in [-0.2, -0.15) is 5.10 Å². The summed E-state index contributed by atoms with van der Waals surface area (Å²) in [7, 11) is 0. The fourth-order valence-electron chi connectivity index (χ4n) is 4.18. The van der Waals surface area contributed by atoms with E-state index in [1.807, 2.05) is 18.5 Å². The first-order chi connectivity index (χ1) is 12.6. The maximum atomic E-state index is 9.68. The monoisotopic (exact) mass is 355 g/mol. The van der Waals surface area contributed by atoms with Crippen molar-refractivity contribution in [3.63, 3.8) is 0 Å². The van der Waals surface area contributed by atoms with E-state index in [9.17, 15) is 5.11 Å². The van der Waals surface area contributed by atoms with Gasteiger partial charge in [0.1, 0.15) is 11.6 Å². The Hall–Kier alpha value is -2.08. The Bertz CT molecular complexity index is 748. The average molecular weight is 355 g/mol. The zero-order chi connectivity index (χ0) is 18.1. The van der Waals surface area contributed by atoms with E-state index in [4.69, 9.17) is 0 Å². The summed E-state index contributed by atoms with van der Waals surface area (Å²) in [6, 6.07) is 5.01. The Morgan fingerprint density at radius 2 is 2.04 bits per heavy atom. The van der Waals surface area contributed by atoms with Crippen LogP contribution >= 0.6 is 0 Å². The molecule has 1 atom stereocenters. The van der Waals surface area contributed by atoms with Crippen LogP contribution in [0.15, 0.2) is 24.5 Å². The molecule has 6 nitrogen and oxygen atoms in total. The van der Waals surface area contributed by atoms with Crippen molar-refractivity contribution in [2.45, 2.75) is 64.1 Å². The quantitative estimate of drug-likeness (QED) is 0.780. The number of rotatable bonds is 4. The number of aromatic nitrogens is 3. The van der Waals surface area contributed by atoms with Crippen molar-refractivity contribution in [2.75, 3.05) is 17.2 Å². The number of aliphatic hydroxyl groups is 1. The van der Waals surface area contributed by atoms with Crippen molar-refractivity contribution in [3.05, 3.63) is 24.5 Å². The number of aliphatic hydroxyl groups excluding tert-OH is 1. The highest BCUT2D eigenvalue weighted by Gasteiger charge is 2.26. The highest BCUT2D eigenvalue weighted by molar-refractivity contribution is 5.77. The Balaban J connectivity index is 1.56. The average Bonchev–Trinajstić information content (AvgIpc) is 3.08. The molecule has 2 aliphatic rings. The SMILES string of the molecule is CC(C)C1CCNc2c(-c3ccnc(NC4CCC(O)CC4)c3)cnn21. The first-order valence-electron chi connectivity index (χ1n) is 9.84. The lowest BCUT2D eigenvalue weighted by Gasteiger charge is -2.29. The van der Waals surface area contributed by atoms with Gasteiger partial charge < -0.3 is 15.7 Å². The number of hydrogen-bond donors (Lipinski definition) is 3. The summed E-state index contributed by atoms with van der Waals surface area (Å²) >= 11 is 0. The number of nitrogens with zero attached hydrogens (tertiary/aromatic N) is 3. The Morgan fingerprint density at radius 1 is 1.23 bits per heavy atom. The second-order valence-electron chi connectivity index (χ2n) is 7.96. The van der Waals surface area contributed by atoms with Crippen molar-refractivity contribution in [1.29, 1.82) is 0 Å². The lowest BCUT2D eigenvalue weighted by molar-refractivity contribution is 0.126. The molecule has 3 heterocycles. The summed E-state index contributed by atoms with van der Waals surface area (Å²) in [5.74, 6) is 2.59. The van der Waals surface area contributed by atoms with Crippen LogP contribution in [0.1, 0.15) is 52.0 Å². The van der Waals surface area contributed by atoms with Crippen LogP contribution in [0.25, 0.3) is 11.1 Å². The van der Waals surface area contributed by atoms with Gasteiger partial charge >= 0.3 is 0 Å². The number of fused-ring (bicyclic) bond motifs is 1. The van der Waals surface area contributed by atoms with Gasteiger partial charge in [0, 0.05) is 24.3 Å². The molecule has 1 saturated carbocycles. The van der Waals surface area contributed by atoms with E-state index in [1.54, 1.807) is 0 Å². The summed E-state index contributed by atoms with van der Waals surface area (Å²) < 4.78 is 2.15. The second kappa shape index (κ2) is 7.27. The zero-order valence-electron chi connectivity index (χ0n) is 15.7. The molecule has 3 N–H and O–H groups in total. The van der Waals surface area contributed by atoms with E-state index >= 15 is 0 Å². The van der Waals surface area contributed by atoms with Gasteiger partial charge in [0.15, 0.2) is 0 Å². The van der Waals surface area contributed by atoms with Crippen molar-refractivity contribution >= 4 is 11.6 Å². The first kappa shape index (κ1) is 17.3. The van der Waals surface area contributed by atoms with Crippen LogP contribution in [0.2, 0.25) is 0 Å². The molecule has 0 saturated heterocycles. The smallest absolute Gasteiger partial charge is 0.132 e. The minimum Gasteiger partial charge on any atom is -0.393 e. The minimum absolute atomic E-state index is 0.133. The van der Waals surface area contributed by atoms with Gasteiger partial charge in [0.2, 0.25) is 0 Å². The van der Waals surface area contributed by atoms with Crippen LogP contribution in [0, 0.1) is 5.92 Å². The van der Waals surface area contributed by atoms with Gasteiger partial charge in [-0.3, -0.25) is 0 Å². The molecule has 4 rings (SSSR count). The normalized spacial score (nSPS) is 25.6. The molecule has 2 aromatic heterocycles. The van der Waals surface area contributed by atoms with E-state index in [0.717, 1.165) is 61.4 Å². The molecule has 1 aliphatic heterocycles. The third kappa shape index (κ3) is 3.43. The van der Waals surface area contributed by atoms with E-state index in [0.29, 0.717) is 18.0 Å². The fourth-order valence-corrected chi connectivity index (χ4v) is 4.18. The Kier molecular flexibility index (Phi) is 4.85. The van der Waals surface area contributed by atoms with Crippen molar-refractivity contribution < 1.29 is 5.11 Å². The predicted molar refractivity (Wildman–Crippen MR) is 104 cm³/mol. The third-order valence-electron chi connectivity index (χ3n) is 5.73. The topological polar surface area (TPSA) is 75.0 Å².